The van der Waals surface area contributed by atoms with Crippen LogP contribution in [0.4, 0.5) is 13.2 Å². The number of hydrogen-bond acceptors (Lipinski definition) is 5. The van der Waals surface area contributed by atoms with Crippen LogP contribution in [0.25, 0.3) is 0 Å². The lowest BCUT2D eigenvalue weighted by atomic mass is 9.71. The number of hydrogen-bond donors (Lipinski definition) is 5. The lowest BCUT2D eigenvalue weighted by molar-refractivity contribution is -0.143. The standard InChI is InChI=1S/C16H22F3NO8/c17-8(13(23)24)1-4-16(11(20)7-12(21)22,5-2-9(18)14(25)26)6-3-10(19)15(27)28/h7-10H,1-6,20H2,(H,21,22)(H,23,24)(H,25,26)(H,27,28)/b11-7-. The summed E-state index contributed by atoms with van der Waals surface area (Å²) in [5.74, 6) is -7.02. The van der Waals surface area contributed by atoms with Gasteiger partial charge in [-0.2, -0.15) is 0 Å². The molecular formula is C16H22F3NO8. The fraction of sp³-hybridized carbons (Fsp3) is 0.625. The normalized spacial score (nSPS) is 17.2. The molecule has 0 fully saturated rings. The molecule has 0 saturated carbocycles. The number of carboxylic acid groups (broad SMARTS) is 4. The van der Waals surface area contributed by atoms with Gasteiger partial charge in [0.1, 0.15) is 0 Å². The Bertz CT molecular complexity index is 565. The molecule has 0 saturated heterocycles. The van der Waals surface area contributed by atoms with E-state index in [-0.39, 0.29) is 0 Å². The molecule has 0 rings (SSSR count). The first kappa shape index (κ1) is 25.2. The Balaban J connectivity index is 5.84. The molecule has 9 nitrogen and oxygen atoms in total. The first-order valence-corrected chi connectivity index (χ1v) is 8.13. The number of alkyl halides is 3. The second-order valence-corrected chi connectivity index (χ2v) is 6.25. The third kappa shape index (κ3) is 8.27. The number of carboxylic acids is 4. The van der Waals surface area contributed by atoms with Crippen molar-refractivity contribution in [3.8, 4) is 0 Å². The predicted octanol–water partition coefficient (Wildman–Crippen LogP) is 1.51. The van der Waals surface area contributed by atoms with Crippen LogP contribution in [0.3, 0.4) is 0 Å². The summed E-state index contributed by atoms with van der Waals surface area (Å²) in [4.78, 5) is 43.0. The van der Waals surface area contributed by atoms with Crippen molar-refractivity contribution in [3.05, 3.63) is 11.8 Å². The van der Waals surface area contributed by atoms with Crippen molar-refractivity contribution in [3.63, 3.8) is 0 Å². The van der Waals surface area contributed by atoms with Crippen molar-refractivity contribution in [2.75, 3.05) is 0 Å². The monoisotopic (exact) mass is 413 g/mol. The van der Waals surface area contributed by atoms with E-state index in [1.165, 1.54) is 0 Å². The zero-order chi connectivity index (χ0) is 22.1. The van der Waals surface area contributed by atoms with Gasteiger partial charge in [0.05, 0.1) is 0 Å². The summed E-state index contributed by atoms with van der Waals surface area (Å²) < 4.78 is 40.6. The molecule has 0 aliphatic rings. The zero-order valence-electron chi connectivity index (χ0n) is 14.7. The molecule has 12 heteroatoms. The molecular weight excluding hydrogens is 391 g/mol. The van der Waals surface area contributed by atoms with Crippen molar-refractivity contribution < 1.29 is 52.8 Å². The molecule has 0 heterocycles. The van der Waals surface area contributed by atoms with Crippen LogP contribution in [-0.4, -0.2) is 62.8 Å². The highest BCUT2D eigenvalue weighted by molar-refractivity contribution is 5.80. The molecule has 0 amide bonds. The van der Waals surface area contributed by atoms with Gasteiger partial charge >= 0.3 is 23.9 Å². The number of nitrogens with two attached hydrogens (primary N) is 1. The average Bonchev–Trinajstić information content (AvgIpc) is 2.59. The van der Waals surface area contributed by atoms with Gasteiger partial charge in [0, 0.05) is 17.2 Å². The first-order valence-electron chi connectivity index (χ1n) is 8.13. The minimum absolute atomic E-state index is 0.468. The van der Waals surface area contributed by atoms with Gasteiger partial charge in [-0.1, -0.05) is 0 Å². The summed E-state index contributed by atoms with van der Waals surface area (Å²) in [6.45, 7) is 0. The lowest BCUT2D eigenvalue weighted by Gasteiger charge is -2.35. The van der Waals surface area contributed by atoms with Crippen molar-refractivity contribution in [2.45, 2.75) is 57.0 Å². The second-order valence-electron chi connectivity index (χ2n) is 6.25. The molecule has 0 aromatic rings. The fourth-order valence-corrected chi connectivity index (χ4v) is 2.67. The Kier molecular flexibility index (Phi) is 10.0. The van der Waals surface area contributed by atoms with E-state index in [2.05, 4.69) is 0 Å². The Labute approximate surface area is 157 Å². The molecule has 0 spiro atoms. The number of rotatable bonds is 14. The minimum Gasteiger partial charge on any atom is -0.479 e. The first-order chi connectivity index (χ1) is 12.8. The number of allylic oxidation sites excluding steroid dienone is 1. The van der Waals surface area contributed by atoms with Crippen LogP contribution in [-0.2, 0) is 19.2 Å². The maximum atomic E-state index is 13.5. The molecule has 0 radical (unpaired) electrons. The Morgan fingerprint density at radius 3 is 1.25 bits per heavy atom. The van der Waals surface area contributed by atoms with Crippen LogP contribution in [0, 0.1) is 5.41 Å². The van der Waals surface area contributed by atoms with E-state index < -0.39 is 92.0 Å². The lowest BCUT2D eigenvalue weighted by Crippen LogP contribution is -2.34. The smallest absolute Gasteiger partial charge is 0.338 e. The largest absolute Gasteiger partial charge is 0.479 e. The van der Waals surface area contributed by atoms with Crippen LogP contribution >= 0.6 is 0 Å². The molecule has 28 heavy (non-hydrogen) atoms. The van der Waals surface area contributed by atoms with E-state index in [0.29, 0.717) is 6.08 Å². The van der Waals surface area contributed by atoms with E-state index in [4.69, 9.17) is 26.2 Å². The fourth-order valence-electron chi connectivity index (χ4n) is 2.67. The maximum Gasteiger partial charge on any atom is 0.338 e. The Morgan fingerprint density at radius 2 is 1.04 bits per heavy atom. The van der Waals surface area contributed by atoms with Crippen molar-refractivity contribution in [1.29, 1.82) is 0 Å². The van der Waals surface area contributed by atoms with E-state index in [1.54, 1.807) is 0 Å². The average molecular weight is 413 g/mol. The van der Waals surface area contributed by atoms with Crippen molar-refractivity contribution >= 4 is 23.9 Å². The van der Waals surface area contributed by atoms with Gasteiger partial charge in [0.2, 0.25) is 0 Å². The Hall–Kier alpha value is -2.79. The number of halogens is 3. The highest BCUT2D eigenvalue weighted by Gasteiger charge is 2.37. The highest BCUT2D eigenvalue weighted by atomic mass is 19.1. The number of carbonyl (C=O) groups is 4. The zero-order valence-corrected chi connectivity index (χ0v) is 14.7. The van der Waals surface area contributed by atoms with E-state index in [1.807, 2.05) is 0 Å². The van der Waals surface area contributed by atoms with Gasteiger partial charge in [-0.15, -0.1) is 0 Å². The van der Waals surface area contributed by atoms with Gasteiger partial charge in [-0.3, -0.25) is 0 Å². The summed E-state index contributed by atoms with van der Waals surface area (Å²) in [5, 5.41) is 34.8. The van der Waals surface area contributed by atoms with Gasteiger partial charge in [0.15, 0.2) is 18.5 Å². The summed E-state index contributed by atoms with van der Waals surface area (Å²) in [6, 6.07) is 0. The predicted molar refractivity (Wildman–Crippen MR) is 87.6 cm³/mol. The van der Waals surface area contributed by atoms with Gasteiger partial charge in [0.25, 0.3) is 0 Å². The molecule has 6 N–H and O–H groups in total. The SMILES string of the molecule is N/C(=C\C(=O)O)C(CCC(F)C(=O)O)(CCC(F)C(=O)O)CCC(F)C(=O)O. The van der Waals surface area contributed by atoms with Crippen LogP contribution in [0.5, 0.6) is 0 Å². The van der Waals surface area contributed by atoms with Crippen LogP contribution in [0.15, 0.2) is 11.8 Å². The topological polar surface area (TPSA) is 175 Å². The van der Waals surface area contributed by atoms with E-state index in [9.17, 15) is 32.3 Å². The van der Waals surface area contributed by atoms with E-state index in [0.717, 1.165) is 0 Å². The molecule has 0 aromatic heterocycles. The van der Waals surface area contributed by atoms with E-state index >= 15 is 0 Å². The van der Waals surface area contributed by atoms with Crippen molar-refractivity contribution in [1.82, 2.24) is 0 Å². The quantitative estimate of drug-likeness (QED) is 0.264. The van der Waals surface area contributed by atoms with Gasteiger partial charge < -0.3 is 26.2 Å². The molecule has 0 aliphatic carbocycles. The molecule has 3 atom stereocenters. The molecule has 0 aromatic carbocycles. The third-order valence-corrected chi connectivity index (χ3v) is 4.32. The number of aliphatic carboxylic acids is 4. The van der Waals surface area contributed by atoms with Gasteiger partial charge in [-0.05, 0) is 38.5 Å². The molecule has 0 bridgehead atoms. The Morgan fingerprint density at radius 1 is 0.750 bits per heavy atom. The molecule has 160 valence electrons. The summed E-state index contributed by atoms with van der Waals surface area (Å²) in [6.07, 6.45) is -10.3. The summed E-state index contributed by atoms with van der Waals surface area (Å²) >= 11 is 0. The second kappa shape index (κ2) is 11.1. The summed E-state index contributed by atoms with van der Waals surface area (Å²) in [7, 11) is 0. The molecule has 0 aliphatic heterocycles. The summed E-state index contributed by atoms with van der Waals surface area (Å²) in [5.41, 5.74) is 3.51. The van der Waals surface area contributed by atoms with Crippen LogP contribution in [0.2, 0.25) is 0 Å². The molecule has 3 unspecified atom stereocenters. The highest BCUT2D eigenvalue weighted by Crippen LogP contribution is 2.42. The third-order valence-electron chi connectivity index (χ3n) is 4.32. The van der Waals surface area contributed by atoms with Crippen molar-refractivity contribution in [2.24, 2.45) is 11.1 Å². The maximum absolute atomic E-state index is 13.5. The van der Waals surface area contributed by atoms with Crippen LogP contribution < -0.4 is 5.73 Å². The minimum atomic E-state index is -2.39. The van der Waals surface area contributed by atoms with Crippen LogP contribution in [0.1, 0.15) is 38.5 Å². The van der Waals surface area contributed by atoms with Gasteiger partial charge in [-0.25, -0.2) is 32.3 Å².